The first kappa shape index (κ1) is 22.4. The van der Waals surface area contributed by atoms with Crippen LogP contribution in [0.25, 0.3) is 33.6 Å². The number of rotatable bonds is 5. The number of aryl methyl sites for hydroxylation is 1. The van der Waals surface area contributed by atoms with Gasteiger partial charge in [0.1, 0.15) is 0 Å². The molecule has 0 aliphatic rings. The van der Waals surface area contributed by atoms with E-state index in [1.807, 2.05) is 30.3 Å². The van der Waals surface area contributed by atoms with E-state index < -0.39 is 0 Å². The Labute approximate surface area is 210 Å². The fourth-order valence-corrected chi connectivity index (χ4v) is 4.39. The van der Waals surface area contributed by atoms with Crippen LogP contribution >= 0.6 is 23.2 Å². The first-order valence-electron chi connectivity index (χ1n) is 11.2. The lowest BCUT2D eigenvalue weighted by Gasteiger charge is -2.17. The van der Waals surface area contributed by atoms with Gasteiger partial charge in [-0.3, -0.25) is 0 Å². The average Bonchev–Trinajstić information content (AvgIpc) is 2.87. The van der Waals surface area contributed by atoms with Crippen LogP contribution < -0.4 is 0 Å². The van der Waals surface area contributed by atoms with E-state index in [2.05, 4.69) is 85.8 Å². The van der Waals surface area contributed by atoms with Crippen molar-refractivity contribution in [2.24, 2.45) is 0 Å². The summed E-state index contributed by atoms with van der Waals surface area (Å²) in [5.74, 6) is 0. The van der Waals surface area contributed by atoms with Gasteiger partial charge in [0.25, 0.3) is 0 Å². The van der Waals surface area contributed by atoms with Crippen LogP contribution in [-0.2, 0) is 6.42 Å². The zero-order valence-electron chi connectivity index (χ0n) is 18.8. The second-order valence-electron chi connectivity index (χ2n) is 8.43. The number of halogens is 2. The molecule has 0 aliphatic heterocycles. The summed E-state index contributed by atoms with van der Waals surface area (Å²) >= 11 is 12.3. The van der Waals surface area contributed by atoms with E-state index in [0.29, 0.717) is 0 Å². The predicted molar refractivity (Wildman–Crippen MR) is 145 cm³/mol. The second kappa shape index (κ2) is 9.85. The fraction of sp³-hybridized carbons (Fsp3) is 0.0645. The highest BCUT2D eigenvalue weighted by atomic mass is 35.5. The molecule has 0 aliphatic carbocycles. The van der Waals surface area contributed by atoms with Crippen molar-refractivity contribution in [3.05, 3.63) is 136 Å². The summed E-state index contributed by atoms with van der Waals surface area (Å²) < 4.78 is 0. The maximum Gasteiger partial charge on any atom is 0.0788 e. The number of hydrogen-bond acceptors (Lipinski definition) is 1. The van der Waals surface area contributed by atoms with Crippen LogP contribution in [-0.4, -0.2) is 4.98 Å². The molecular formula is C31H23Cl2N. The molecule has 0 saturated heterocycles. The van der Waals surface area contributed by atoms with Crippen molar-refractivity contribution in [1.82, 2.24) is 4.98 Å². The molecule has 1 nitrogen and oxygen atoms in total. The smallest absolute Gasteiger partial charge is 0.0788 e. The van der Waals surface area contributed by atoms with Crippen LogP contribution in [0.2, 0.25) is 10.0 Å². The molecule has 0 atom stereocenters. The van der Waals surface area contributed by atoms with Crippen molar-refractivity contribution in [1.29, 1.82) is 0 Å². The maximum atomic E-state index is 6.20. The first-order valence-corrected chi connectivity index (χ1v) is 12.0. The van der Waals surface area contributed by atoms with Gasteiger partial charge in [-0.25, -0.2) is 4.98 Å². The van der Waals surface area contributed by atoms with Gasteiger partial charge < -0.3 is 0 Å². The van der Waals surface area contributed by atoms with Gasteiger partial charge in [0.2, 0.25) is 0 Å². The predicted octanol–water partition coefficient (Wildman–Crippen LogP) is 9.29. The molecule has 1 heterocycles. The van der Waals surface area contributed by atoms with E-state index in [1.54, 1.807) is 0 Å². The van der Waals surface area contributed by atoms with Crippen LogP contribution in [0.4, 0.5) is 0 Å². The third kappa shape index (κ3) is 4.92. The fourth-order valence-electron chi connectivity index (χ4n) is 4.14. The number of nitrogens with zero attached hydrogens (tertiary/aromatic N) is 1. The molecule has 5 rings (SSSR count). The molecule has 0 saturated carbocycles. The van der Waals surface area contributed by atoms with Crippen molar-refractivity contribution >= 4 is 23.2 Å². The minimum atomic E-state index is 0.718. The van der Waals surface area contributed by atoms with E-state index >= 15 is 0 Å². The molecule has 5 aromatic rings. The van der Waals surface area contributed by atoms with Gasteiger partial charge in [-0.05, 0) is 60.4 Å². The Hall–Kier alpha value is -3.39. The molecule has 166 valence electrons. The van der Waals surface area contributed by atoms with Crippen molar-refractivity contribution in [2.45, 2.75) is 13.3 Å². The molecule has 0 unspecified atom stereocenters. The Morgan fingerprint density at radius 3 is 1.79 bits per heavy atom. The summed E-state index contributed by atoms with van der Waals surface area (Å²) in [4.78, 5) is 5.30. The van der Waals surface area contributed by atoms with Gasteiger partial charge in [-0.1, -0.05) is 108 Å². The second-order valence-corrected chi connectivity index (χ2v) is 9.31. The molecule has 0 radical (unpaired) electrons. The van der Waals surface area contributed by atoms with Crippen LogP contribution in [0, 0.1) is 6.92 Å². The Bertz CT molecular complexity index is 1410. The molecular weight excluding hydrogens is 457 g/mol. The summed E-state index contributed by atoms with van der Waals surface area (Å²) in [6.45, 7) is 2.10. The van der Waals surface area contributed by atoms with Gasteiger partial charge in [-0.2, -0.15) is 0 Å². The van der Waals surface area contributed by atoms with E-state index in [9.17, 15) is 0 Å². The summed E-state index contributed by atoms with van der Waals surface area (Å²) in [5.41, 5.74) is 9.88. The van der Waals surface area contributed by atoms with Crippen molar-refractivity contribution in [3.8, 4) is 33.6 Å². The number of aromatic nitrogens is 1. The lowest BCUT2D eigenvalue weighted by molar-refractivity contribution is 1.15. The normalized spacial score (nSPS) is 10.9. The lowest BCUT2D eigenvalue weighted by Crippen LogP contribution is -2.00. The standard InChI is InChI=1S/C31H23Cl2N/c1-21-7-11-25(12-8-21)31-29(23-13-17-28(33)18-14-23)20-26(19-22-9-15-27(32)16-10-22)30(34-31)24-5-3-2-4-6-24/h2-18,20H,19H2,1H3. The molecule has 1 aromatic heterocycles. The van der Waals surface area contributed by atoms with Gasteiger partial charge in [0, 0.05) is 26.7 Å². The molecule has 4 aromatic carbocycles. The average molecular weight is 480 g/mol. The van der Waals surface area contributed by atoms with E-state index in [4.69, 9.17) is 28.2 Å². The molecule has 34 heavy (non-hydrogen) atoms. The lowest BCUT2D eigenvalue weighted by atomic mass is 9.92. The van der Waals surface area contributed by atoms with E-state index in [-0.39, 0.29) is 0 Å². The Kier molecular flexibility index (Phi) is 6.49. The zero-order valence-corrected chi connectivity index (χ0v) is 20.3. The number of pyridine rings is 1. The quantitative estimate of drug-likeness (QED) is 0.244. The minimum Gasteiger partial charge on any atom is -0.247 e. The molecule has 0 spiro atoms. The largest absolute Gasteiger partial charge is 0.247 e. The van der Waals surface area contributed by atoms with Gasteiger partial charge >= 0.3 is 0 Å². The van der Waals surface area contributed by atoms with Crippen molar-refractivity contribution < 1.29 is 0 Å². The third-order valence-corrected chi connectivity index (χ3v) is 6.44. The van der Waals surface area contributed by atoms with E-state index in [0.717, 1.165) is 55.7 Å². The first-order chi connectivity index (χ1) is 16.6. The van der Waals surface area contributed by atoms with E-state index in [1.165, 1.54) is 11.1 Å². The zero-order chi connectivity index (χ0) is 23.5. The molecule has 3 heteroatoms. The number of hydrogen-bond donors (Lipinski definition) is 0. The maximum absolute atomic E-state index is 6.20. The van der Waals surface area contributed by atoms with Crippen LogP contribution in [0.3, 0.4) is 0 Å². The topological polar surface area (TPSA) is 12.9 Å². The van der Waals surface area contributed by atoms with Gasteiger partial charge in [-0.15, -0.1) is 0 Å². The molecule has 0 amide bonds. The molecule has 0 bridgehead atoms. The highest BCUT2D eigenvalue weighted by Gasteiger charge is 2.17. The Morgan fingerprint density at radius 1 is 0.588 bits per heavy atom. The summed E-state index contributed by atoms with van der Waals surface area (Å²) in [7, 11) is 0. The van der Waals surface area contributed by atoms with Crippen LogP contribution in [0.1, 0.15) is 16.7 Å². The molecule has 0 N–H and O–H groups in total. The monoisotopic (exact) mass is 479 g/mol. The Balaban J connectivity index is 1.75. The highest BCUT2D eigenvalue weighted by molar-refractivity contribution is 6.30. The summed E-state index contributed by atoms with van der Waals surface area (Å²) in [6, 6.07) is 37.2. The van der Waals surface area contributed by atoms with Crippen molar-refractivity contribution in [2.75, 3.05) is 0 Å². The Morgan fingerprint density at radius 2 is 1.15 bits per heavy atom. The highest BCUT2D eigenvalue weighted by Crippen LogP contribution is 2.37. The molecule has 0 fully saturated rings. The van der Waals surface area contributed by atoms with Crippen LogP contribution in [0.5, 0.6) is 0 Å². The van der Waals surface area contributed by atoms with Crippen molar-refractivity contribution in [3.63, 3.8) is 0 Å². The minimum absolute atomic E-state index is 0.718. The summed E-state index contributed by atoms with van der Waals surface area (Å²) in [5, 5.41) is 1.46. The number of benzene rings is 4. The van der Waals surface area contributed by atoms with Crippen LogP contribution in [0.15, 0.2) is 109 Å². The van der Waals surface area contributed by atoms with Gasteiger partial charge in [0.15, 0.2) is 0 Å². The van der Waals surface area contributed by atoms with Gasteiger partial charge in [0.05, 0.1) is 11.4 Å². The third-order valence-electron chi connectivity index (χ3n) is 5.94. The summed E-state index contributed by atoms with van der Waals surface area (Å²) in [6.07, 6.45) is 0.753. The SMILES string of the molecule is Cc1ccc(-c2nc(-c3ccccc3)c(Cc3ccc(Cl)cc3)cc2-c2ccc(Cl)cc2)cc1.